The van der Waals surface area contributed by atoms with Gasteiger partial charge < -0.3 is 23.7 Å². The van der Waals surface area contributed by atoms with Crippen LogP contribution in [-0.4, -0.2) is 70.2 Å². The lowest BCUT2D eigenvalue weighted by Crippen LogP contribution is -2.21. The number of rotatable bonds is 15. The molecular weight excluding hydrogens is 584 g/mol. The SMILES string of the molecule is COC(=O)c1ccccc1C(=O)CC(CCCCOC(=O)c1ccccc1C(=O)OC)COC(=O)c1ccccc1C(=O)OC. The van der Waals surface area contributed by atoms with Crippen LogP contribution in [0.25, 0.3) is 0 Å². The van der Waals surface area contributed by atoms with Gasteiger partial charge in [-0.25, -0.2) is 24.0 Å². The second kappa shape index (κ2) is 17.1. The summed E-state index contributed by atoms with van der Waals surface area (Å²) in [4.78, 5) is 75.2. The Balaban J connectivity index is 1.68. The number of unbranched alkanes of at least 4 members (excludes halogenated alkanes) is 1. The van der Waals surface area contributed by atoms with Crippen LogP contribution in [-0.2, 0) is 23.7 Å². The van der Waals surface area contributed by atoms with E-state index >= 15 is 0 Å². The highest BCUT2D eigenvalue weighted by molar-refractivity contribution is 6.06. The lowest BCUT2D eigenvalue weighted by molar-refractivity contribution is 0.0398. The number of ether oxygens (including phenoxy) is 5. The topological polar surface area (TPSA) is 149 Å². The first-order chi connectivity index (χ1) is 21.7. The number of hydrogen-bond donors (Lipinski definition) is 0. The van der Waals surface area contributed by atoms with Gasteiger partial charge in [0.05, 0.1) is 62.4 Å². The fourth-order valence-corrected chi connectivity index (χ4v) is 4.58. The van der Waals surface area contributed by atoms with Crippen LogP contribution >= 0.6 is 0 Å². The number of carbonyl (C=O) groups is 6. The van der Waals surface area contributed by atoms with E-state index in [9.17, 15) is 28.8 Å². The zero-order valence-corrected chi connectivity index (χ0v) is 25.2. The van der Waals surface area contributed by atoms with Gasteiger partial charge >= 0.3 is 29.8 Å². The molecule has 3 aromatic carbocycles. The molecule has 0 bridgehead atoms. The first-order valence-corrected chi connectivity index (χ1v) is 14.1. The lowest BCUT2D eigenvalue weighted by Gasteiger charge is -2.18. The van der Waals surface area contributed by atoms with E-state index in [1.165, 1.54) is 57.7 Å². The minimum Gasteiger partial charge on any atom is -0.465 e. The first-order valence-electron chi connectivity index (χ1n) is 14.1. The Labute approximate surface area is 260 Å². The second-order valence-electron chi connectivity index (χ2n) is 9.83. The fraction of sp³-hybridized carbons (Fsp3) is 0.294. The van der Waals surface area contributed by atoms with Crippen LogP contribution in [0.15, 0.2) is 72.8 Å². The fourth-order valence-electron chi connectivity index (χ4n) is 4.58. The number of ketones is 1. The average Bonchev–Trinajstić information content (AvgIpc) is 3.08. The van der Waals surface area contributed by atoms with Crippen molar-refractivity contribution in [2.45, 2.75) is 25.7 Å². The van der Waals surface area contributed by atoms with E-state index in [2.05, 4.69) is 0 Å². The normalized spacial score (nSPS) is 11.1. The predicted octanol–water partition coefficient (Wildman–Crippen LogP) is 5.12. The molecule has 45 heavy (non-hydrogen) atoms. The number of carbonyl (C=O) groups excluding carboxylic acids is 6. The summed E-state index contributed by atoms with van der Waals surface area (Å²) in [5, 5.41) is 0. The van der Waals surface area contributed by atoms with Gasteiger partial charge in [0.2, 0.25) is 0 Å². The van der Waals surface area contributed by atoms with E-state index in [0.717, 1.165) is 0 Å². The summed E-state index contributed by atoms with van der Waals surface area (Å²) in [6.07, 6.45) is 1.23. The number of methoxy groups -OCH3 is 3. The number of esters is 5. The van der Waals surface area contributed by atoms with Crippen LogP contribution in [0.2, 0.25) is 0 Å². The van der Waals surface area contributed by atoms with Crippen molar-refractivity contribution in [3.63, 3.8) is 0 Å². The maximum atomic E-state index is 13.3. The number of hydrogen-bond acceptors (Lipinski definition) is 11. The Kier molecular flexibility index (Phi) is 13.0. The Morgan fingerprint density at radius 1 is 0.511 bits per heavy atom. The molecule has 0 aliphatic rings. The van der Waals surface area contributed by atoms with Crippen LogP contribution < -0.4 is 0 Å². The van der Waals surface area contributed by atoms with Gasteiger partial charge in [-0.2, -0.15) is 0 Å². The minimum absolute atomic E-state index is 0.0182. The minimum atomic E-state index is -0.762. The number of benzene rings is 3. The monoisotopic (exact) mass is 618 g/mol. The Hall–Kier alpha value is -5.32. The molecule has 1 atom stereocenters. The van der Waals surface area contributed by atoms with Gasteiger partial charge in [-0.05, 0) is 49.6 Å². The molecule has 0 saturated heterocycles. The summed E-state index contributed by atoms with van der Waals surface area (Å²) in [6.45, 7) is -0.126. The van der Waals surface area contributed by atoms with Crippen LogP contribution in [0.4, 0.5) is 0 Å². The summed E-state index contributed by atoms with van der Waals surface area (Å²) >= 11 is 0. The molecule has 0 aliphatic heterocycles. The van der Waals surface area contributed by atoms with Gasteiger partial charge in [0.25, 0.3) is 0 Å². The molecule has 11 heteroatoms. The Morgan fingerprint density at radius 3 is 1.33 bits per heavy atom. The standard InChI is InChI=1S/C34H34O11/c1-41-30(36)24-14-5-4-13-23(24)29(35)20-22(21-45-34(40)28-18-9-7-16-26(28)32(38)43-3)12-10-11-19-44-33(39)27-17-8-6-15-25(27)31(37)42-2/h4-9,13-18,22H,10-12,19-21H2,1-3H3. The highest BCUT2D eigenvalue weighted by Gasteiger charge is 2.24. The van der Waals surface area contributed by atoms with Gasteiger partial charge in [0, 0.05) is 17.9 Å². The maximum Gasteiger partial charge on any atom is 0.339 e. The van der Waals surface area contributed by atoms with Gasteiger partial charge in [0.1, 0.15) is 0 Å². The Bertz CT molecular complexity index is 1540. The summed E-state index contributed by atoms with van der Waals surface area (Å²) in [5.41, 5.74) is 0.522. The summed E-state index contributed by atoms with van der Waals surface area (Å²) in [5.74, 6) is -4.28. The first kappa shape index (κ1) is 34.2. The van der Waals surface area contributed by atoms with E-state index in [0.29, 0.717) is 19.3 Å². The van der Waals surface area contributed by atoms with E-state index in [-0.39, 0.29) is 58.8 Å². The van der Waals surface area contributed by atoms with E-state index < -0.39 is 35.8 Å². The molecule has 1 unspecified atom stereocenters. The molecule has 3 rings (SSSR count). The number of Topliss-reactive ketones (excluding diaryl/α,β-unsaturated/α-hetero) is 1. The van der Waals surface area contributed by atoms with Crippen molar-refractivity contribution in [1.29, 1.82) is 0 Å². The maximum absolute atomic E-state index is 13.3. The van der Waals surface area contributed by atoms with E-state index in [1.54, 1.807) is 36.4 Å². The molecule has 0 aromatic heterocycles. The molecule has 11 nitrogen and oxygen atoms in total. The van der Waals surface area contributed by atoms with Crippen LogP contribution in [0, 0.1) is 5.92 Å². The molecule has 0 N–H and O–H groups in total. The zero-order valence-electron chi connectivity index (χ0n) is 25.2. The van der Waals surface area contributed by atoms with Crippen molar-refractivity contribution >= 4 is 35.6 Å². The summed E-state index contributed by atoms with van der Waals surface area (Å²) < 4.78 is 25.2. The van der Waals surface area contributed by atoms with Crippen molar-refractivity contribution < 1.29 is 52.5 Å². The quantitative estimate of drug-likeness (QED) is 0.0967. The van der Waals surface area contributed by atoms with Gasteiger partial charge in [-0.3, -0.25) is 4.79 Å². The van der Waals surface area contributed by atoms with E-state index in [4.69, 9.17) is 23.7 Å². The van der Waals surface area contributed by atoms with Gasteiger partial charge in [-0.15, -0.1) is 0 Å². The predicted molar refractivity (Wildman–Crippen MR) is 160 cm³/mol. The molecule has 0 heterocycles. The molecule has 3 aromatic rings. The Morgan fingerprint density at radius 2 is 0.889 bits per heavy atom. The van der Waals surface area contributed by atoms with Crippen LogP contribution in [0.5, 0.6) is 0 Å². The van der Waals surface area contributed by atoms with Crippen molar-refractivity contribution in [3.05, 3.63) is 106 Å². The average molecular weight is 619 g/mol. The van der Waals surface area contributed by atoms with Gasteiger partial charge in [0.15, 0.2) is 5.78 Å². The summed E-state index contributed by atoms with van der Waals surface area (Å²) in [6, 6.07) is 18.5. The van der Waals surface area contributed by atoms with Crippen molar-refractivity contribution in [2.75, 3.05) is 34.5 Å². The smallest absolute Gasteiger partial charge is 0.339 e. The van der Waals surface area contributed by atoms with Crippen molar-refractivity contribution in [3.8, 4) is 0 Å². The molecule has 0 saturated carbocycles. The lowest BCUT2D eigenvalue weighted by atomic mass is 9.92. The van der Waals surface area contributed by atoms with E-state index in [1.807, 2.05) is 0 Å². The van der Waals surface area contributed by atoms with Crippen molar-refractivity contribution in [2.24, 2.45) is 5.92 Å². The molecule has 0 fully saturated rings. The third-order valence-corrected chi connectivity index (χ3v) is 6.90. The van der Waals surface area contributed by atoms with Crippen LogP contribution in [0.1, 0.15) is 87.8 Å². The molecular formula is C34H34O11. The highest BCUT2D eigenvalue weighted by atomic mass is 16.5. The third-order valence-electron chi connectivity index (χ3n) is 6.90. The molecule has 0 amide bonds. The largest absolute Gasteiger partial charge is 0.465 e. The molecule has 0 radical (unpaired) electrons. The van der Waals surface area contributed by atoms with Crippen molar-refractivity contribution in [1.82, 2.24) is 0 Å². The molecule has 236 valence electrons. The zero-order chi connectivity index (χ0) is 32.8. The van der Waals surface area contributed by atoms with Gasteiger partial charge in [-0.1, -0.05) is 42.5 Å². The molecule has 0 aliphatic carbocycles. The highest BCUT2D eigenvalue weighted by Crippen LogP contribution is 2.22. The second-order valence-corrected chi connectivity index (χ2v) is 9.83. The van der Waals surface area contributed by atoms with Crippen LogP contribution in [0.3, 0.4) is 0 Å². The molecule has 0 spiro atoms. The summed E-state index contributed by atoms with van der Waals surface area (Å²) in [7, 11) is 3.64. The third kappa shape index (κ3) is 9.33.